The van der Waals surface area contributed by atoms with Crippen LogP contribution in [0.1, 0.15) is 17.6 Å². The smallest absolute Gasteiger partial charge is 0.240 e. The second-order valence-corrected chi connectivity index (χ2v) is 8.38. The molecular formula is C18H18FNO5S2. The molecule has 144 valence electrons. The Hall–Kier alpha value is -2.20. The van der Waals surface area contributed by atoms with E-state index >= 15 is 0 Å². The van der Waals surface area contributed by atoms with Crippen LogP contribution >= 0.6 is 11.3 Å². The van der Waals surface area contributed by atoms with E-state index in [1.165, 1.54) is 29.7 Å². The van der Waals surface area contributed by atoms with E-state index in [-0.39, 0.29) is 29.6 Å². The second-order valence-electron chi connectivity index (χ2n) is 5.66. The average Bonchev–Trinajstić information content (AvgIpc) is 3.35. The van der Waals surface area contributed by atoms with Crippen LogP contribution < -0.4 is 9.46 Å². The van der Waals surface area contributed by atoms with Crippen molar-refractivity contribution in [3.05, 3.63) is 70.6 Å². The van der Waals surface area contributed by atoms with Gasteiger partial charge < -0.3 is 14.3 Å². The molecule has 9 heteroatoms. The average molecular weight is 411 g/mol. The molecule has 0 bridgehead atoms. The highest BCUT2D eigenvalue weighted by Crippen LogP contribution is 2.33. The number of aliphatic hydroxyl groups is 1. The van der Waals surface area contributed by atoms with Gasteiger partial charge in [-0.3, -0.25) is 0 Å². The summed E-state index contributed by atoms with van der Waals surface area (Å²) in [5.41, 5.74) is -1.69. The molecule has 1 unspecified atom stereocenters. The molecule has 2 N–H and O–H groups in total. The predicted octanol–water partition coefficient (Wildman–Crippen LogP) is 3.09. The van der Waals surface area contributed by atoms with Crippen molar-refractivity contribution < 1.29 is 27.1 Å². The lowest BCUT2D eigenvalue weighted by atomic mass is 9.99. The highest BCUT2D eigenvalue weighted by molar-refractivity contribution is 7.89. The molecule has 1 aromatic carbocycles. The summed E-state index contributed by atoms with van der Waals surface area (Å²) in [5.74, 6) is -0.605. The molecule has 0 radical (unpaired) electrons. The molecule has 2 aromatic heterocycles. The van der Waals surface area contributed by atoms with Gasteiger partial charge in [0, 0.05) is 4.88 Å². The van der Waals surface area contributed by atoms with Crippen LogP contribution in [0.5, 0.6) is 5.75 Å². The number of benzene rings is 1. The Morgan fingerprint density at radius 1 is 1.30 bits per heavy atom. The van der Waals surface area contributed by atoms with E-state index in [0.29, 0.717) is 4.88 Å². The highest BCUT2D eigenvalue weighted by atomic mass is 32.2. The number of hydrogen-bond acceptors (Lipinski definition) is 6. The summed E-state index contributed by atoms with van der Waals surface area (Å²) in [6.45, 7) is 1.59. The summed E-state index contributed by atoms with van der Waals surface area (Å²) in [5, 5.41) is 12.9. The van der Waals surface area contributed by atoms with Crippen LogP contribution in [0.2, 0.25) is 0 Å². The van der Waals surface area contributed by atoms with Gasteiger partial charge in [-0.05, 0) is 48.7 Å². The zero-order valence-corrected chi connectivity index (χ0v) is 16.0. The first-order valence-corrected chi connectivity index (χ1v) is 10.5. The molecule has 0 aliphatic rings. The number of nitrogens with one attached hydrogen (secondary N) is 1. The molecule has 2 heterocycles. The van der Waals surface area contributed by atoms with E-state index in [1.807, 2.05) is 0 Å². The maximum absolute atomic E-state index is 14.0. The molecule has 0 amide bonds. The van der Waals surface area contributed by atoms with Crippen LogP contribution in [-0.2, 0) is 15.6 Å². The third kappa shape index (κ3) is 4.06. The first-order valence-electron chi connectivity index (χ1n) is 8.09. The molecule has 0 aliphatic carbocycles. The summed E-state index contributed by atoms with van der Waals surface area (Å²) in [6, 6.07) is 9.96. The molecule has 0 saturated carbocycles. The van der Waals surface area contributed by atoms with E-state index in [1.54, 1.807) is 36.6 Å². The molecule has 3 rings (SSSR count). The van der Waals surface area contributed by atoms with Crippen LogP contribution in [0.3, 0.4) is 0 Å². The van der Waals surface area contributed by atoms with Crippen LogP contribution in [0, 0.1) is 5.82 Å². The van der Waals surface area contributed by atoms with Gasteiger partial charge in [-0.25, -0.2) is 17.5 Å². The molecule has 0 spiro atoms. The number of sulfonamides is 1. The normalized spacial score (nSPS) is 14.0. The molecule has 27 heavy (non-hydrogen) atoms. The zero-order chi connectivity index (χ0) is 19.5. The summed E-state index contributed by atoms with van der Waals surface area (Å²) < 4.78 is 51.9. The Labute approximate surface area is 160 Å². The number of thiophene rings is 1. The number of hydrogen-bond donors (Lipinski definition) is 2. The van der Waals surface area contributed by atoms with Gasteiger partial charge in [0.2, 0.25) is 10.0 Å². The van der Waals surface area contributed by atoms with Crippen LogP contribution in [0.25, 0.3) is 0 Å². The van der Waals surface area contributed by atoms with E-state index in [0.717, 1.165) is 6.07 Å². The van der Waals surface area contributed by atoms with Gasteiger partial charge in [0.25, 0.3) is 0 Å². The fourth-order valence-corrected chi connectivity index (χ4v) is 4.43. The van der Waals surface area contributed by atoms with Gasteiger partial charge in [0.05, 0.1) is 24.3 Å². The molecule has 0 aliphatic heterocycles. The Morgan fingerprint density at radius 3 is 2.70 bits per heavy atom. The first-order chi connectivity index (χ1) is 12.9. The summed E-state index contributed by atoms with van der Waals surface area (Å²) >= 11 is 1.26. The van der Waals surface area contributed by atoms with Crippen molar-refractivity contribution in [1.82, 2.24) is 4.72 Å². The maximum atomic E-state index is 14.0. The van der Waals surface area contributed by atoms with E-state index in [2.05, 4.69) is 4.72 Å². The minimum Gasteiger partial charge on any atom is -0.491 e. The summed E-state index contributed by atoms with van der Waals surface area (Å²) in [4.78, 5) is 0.245. The number of halogens is 1. The minimum absolute atomic E-state index is 0.0258. The van der Waals surface area contributed by atoms with Crippen molar-refractivity contribution in [3.8, 4) is 5.75 Å². The molecule has 3 aromatic rings. The van der Waals surface area contributed by atoms with Crippen LogP contribution in [-0.4, -0.2) is 26.7 Å². The number of ether oxygens (including phenoxy) is 1. The standard InChI is InChI=1S/C18H18FNO5S2/c1-2-24-15-8-7-13(11-14(15)19)27(22,23)20-12-18(21,16-5-3-9-25-16)17-6-4-10-26-17/h3-11,20-21H,2,12H2,1H3. The third-order valence-corrected chi connectivity index (χ3v) is 6.31. The lowest BCUT2D eigenvalue weighted by molar-refractivity contribution is 0.0655. The Morgan fingerprint density at radius 2 is 2.11 bits per heavy atom. The quantitative estimate of drug-likeness (QED) is 0.595. The second kappa shape index (κ2) is 7.81. The lowest BCUT2D eigenvalue weighted by Gasteiger charge is -2.25. The van der Waals surface area contributed by atoms with E-state index < -0.39 is 21.4 Å². The van der Waals surface area contributed by atoms with Gasteiger partial charge >= 0.3 is 0 Å². The van der Waals surface area contributed by atoms with Crippen LogP contribution in [0.4, 0.5) is 4.39 Å². The first kappa shape index (κ1) is 19.6. The lowest BCUT2D eigenvalue weighted by Crippen LogP contribution is -2.40. The fraction of sp³-hybridized carbons (Fsp3) is 0.222. The van der Waals surface area contributed by atoms with Gasteiger partial charge in [-0.15, -0.1) is 11.3 Å². The molecular weight excluding hydrogens is 393 g/mol. The van der Waals surface area contributed by atoms with Gasteiger partial charge in [-0.2, -0.15) is 0 Å². The molecule has 6 nitrogen and oxygen atoms in total. The van der Waals surface area contributed by atoms with Crippen molar-refractivity contribution in [2.24, 2.45) is 0 Å². The Kier molecular flexibility index (Phi) is 5.66. The molecule has 0 saturated heterocycles. The fourth-order valence-electron chi connectivity index (χ4n) is 2.53. The van der Waals surface area contributed by atoms with Gasteiger partial charge in [-0.1, -0.05) is 6.07 Å². The minimum atomic E-state index is -4.07. The number of furan rings is 1. The van der Waals surface area contributed by atoms with Crippen molar-refractivity contribution >= 4 is 21.4 Å². The molecule has 0 fully saturated rings. The SMILES string of the molecule is CCOc1ccc(S(=O)(=O)NCC(O)(c2ccco2)c2cccs2)cc1F. The highest BCUT2D eigenvalue weighted by Gasteiger charge is 2.37. The van der Waals surface area contributed by atoms with Gasteiger partial charge in [0.15, 0.2) is 17.2 Å². The maximum Gasteiger partial charge on any atom is 0.240 e. The van der Waals surface area contributed by atoms with Gasteiger partial charge in [0.1, 0.15) is 5.76 Å². The van der Waals surface area contributed by atoms with Crippen LogP contribution in [0.15, 0.2) is 63.4 Å². The Bertz CT molecular complexity index is 951. The number of rotatable bonds is 8. The zero-order valence-electron chi connectivity index (χ0n) is 14.4. The predicted molar refractivity (Wildman–Crippen MR) is 98.8 cm³/mol. The molecule has 1 atom stereocenters. The summed E-state index contributed by atoms with van der Waals surface area (Å²) in [6.07, 6.45) is 1.39. The largest absolute Gasteiger partial charge is 0.491 e. The van der Waals surface area contributed by atoms with E-state index in [9.17, 15) is 17.9 Å². The summed E-state index contributed by atoms with van der Waals surface area (Å²) in [7, 11) is -4.07. The topological polar surface area (TPSA) is 88.8 Å². The van der Waals surface area contributed by atoms with Crippen molar-refractivity contribution in [2.45, 2.75) is 17.4 Å². The van der Waals surface area contributed by atoms with Crippen molar-refractivity contribution in [3.63, 3.8) is 0 Å². The third-order valence-electron chi connectivity index (χ3n) is 3.89. The Balaban J connectivity index is 1.86. The van der Waals surface area contributed by atoms with Crippen molar-refractivity contribution in [2.75, 3.05) is 13.2 Å². The van der Waals surface area contributed by atoms with Crippen molar-refractivity contribution in [1.29, 1.82) is 0 Å². The van der Waals surface area contributed by atoms with E-state index in [4.69, 9.17) is 9.15 Å². The monoisotopic (exact) mass is 411 g/mol.